The molecule has 0 spiro atoms. The lowest BCUT2D eigenvalue weighted by Gasteiger charge is -2.33. The minimum absolute atomic E-state index is 0.435. The quantitative estimate of drug-likeness (QED) is 0.440. The van der Waals surface area contributed by atoms with Crippen LogP contribution in [0, 0.1) is 0 Å². The molecule has 2 saturated carbocycles. The van der Waals surface area contributed by atoms with Gasteiger partial charge in [-0.3, -0.25) is 0 Å². The molecule has 0 unspecified atom stereocenters. The molecule has 0 amide bonds. The number of rotatable bonds is 4. The molecule has 0 N–H and O–H groups in total. The first kappa shape index (κ1) is 23.5. The Morgan fingerprint density at radius 3 is 0.852 bits per heavy atom. The molecule has 3 heteroatoms. The maximum atomic E-state index is 2.61. The van der Waals surface area contributed by atoms with E-state index in [9.17, 15) is 0 Å². The summed E-state index contributed by atoms with van der Waals surface area (Å²) in [6.07, 6.45) is 28.8. The van der Waals surface area contributed by atoms with E-state index >= 15 is 0 Å². The number of hydrogen-bond donors (Lipinski definition) is 0. The van der Waals surface area contributed by atoms with E-state index in [0.717, 1.165) is 0 Å². The lowest BCUT2D eigenvalue weighted by atomic mass is 9.09. The van der Waals surface area contributed by atoms with Gasteiger partial charge in [0.15, 0.2) is 0 Å². The zero-order chi connectivity index (χ0) is 19.3. The SMILES string of the molecule is CC1([B][B][B]C2(C)CCCCCCCCCC2)CCCCCCCCCC1. The van der Waals surface area contributed by atoms with Gasteiger partial charge in [-0.1, -0.05) is 153 Å². The highest BCUT2D eigenvalue weighted by atomic mass is 14.2. The van der Waals surface area contributed by atoms with E-state index in [1.54, 1.807) is 0 Å². The van der Waals surface area contributed by atoms with Gasteiger partial charge in [-0.15, -0.1) is 0 Å². The molecule has 0 aromatic carbocycles. The molecular weight excluding hydrogens is 321 g/mol. The minimum atomic E-state index is 0.435. The molecule has 2 rings (SSSR count). The molecule has 0 aromatic rings. The van der Waals surface area contributed by atoms with Crippen molar-refractivity contribution in [2.45, 2.75) is 153 Å². The maximum absolute atomic E-state index is 2.61. The predicted octanol–water partition coefficient (Wildman–Crippen LogP) is 8.12. The fraction of sp³-hybridized carbons (Fsp3) is 1.00. The van der Waals surface area contributed by atoms with Gasteiger partial charge in [0.05, 0.1) is 14.3 Å². The van der Waals surface area contributed by atoms with Crippen molar-refractivity contribution < 1.29 is 0 Å². The van der Waals surface area contributed by atoms with Crippen molar-refractivity contribution in [1.29, 1.82) is 0 Å². The lowest BCUT2D eigenvalue weighted by Crippen LogP contribution is -2.32. The molecule has 0 bridgehead atoms. The van der Waals surface area contributed by atoms with Crippen LogP contribution in [-0.2, 0) is 0 Å². The summed E-state index contributed by atoms with van der Waals surface area (Å²) in [5.41, 5.74) is 0. The van der Waals surface area contributed by atoms with Crippen LogP contribution in [0.15, 0.2) is 0 Å². The lowest BCUT2D eigenvalue weighted by molar-refractivity contribution is 0.464. The topological polar surface area (TPSA) is 0 Å². The zero-order valence-corrected chi connectivity index (χ0v) is 18.9. The Bertz CT molecular complexity index is 311. The van der Waals surface area contributed by atoms with E-state index in [2.05, 4.69) is 35.2 Å². The van der Waals surface area contributed by atoms with Crippen molar-refractivity contribution in [2.75, 3.05) is 0 Å². The average Bonchev–Trinajstić information content (AvgIpc) is 2.72. The van der Waals surface area contributed by atoms with E-state index in [1.807, 2.05) is 0 Å². The van der Waals surface area contributed by atoms with Gasteiger partial charge in [0.25, 0.3) is 0 Å². The van der Waals surface area contributed by atoms with Crippen molar-refractivity contribution in [2.24, 2.45) is 0 Å². The molecule has 0 heterocycles. The van der Waals surface area contributed by atoms with Gasteiger partial charge in [0, 0.05) is 7.06 Å². The smallest absolute Gasteiger partial charge is 0.0635 e. The first-order valence-electron chi connectivity index (χ1n) is 12.7. The fourth-order valence-corrected chi connectivity index (χ4v) is 5.33. The maximum Gasteiger partial charge on any atom is 0.0635 e. The van der Waals surface area contributed by atoms with Crippen LogP contribution in [0.3, 0.4) is 0 Å². The molecule has 2 fully saturated rings. The van der Waals surface area contributed by atoms with Crippen LogP contribution in [-0.4, -0.2) is 21.4 Å². The van der Waals surface area contributed by atoms with Gasteiger partial charge in [-0.2, -0.15) is 0 Å². The number of hydrogen-bond acceptors (Lipinski definition) is 0. The summed E-state index contributed by atoms with van der Waals surface area (Å²) >= 11 is 0. The van der Waals surface area contributed by atoms with Crippen molar-refractivity contribution in [3.63, 3.8) is 0 Å². The predicted molar refractivity (Wildman–Crippen MR) is 126 cm³/mol. The summed E-state index contributed by atoms with van der Waals surface area (Å²) in [5, 5.41) is 0.870. The Morgan fingerprint density at radius 2 is 0.593 bits per heavy atom. The molecule has 151 valence electrons. The van der Waals surface area contributed by atoms with Crippen LogP contribution in [0.25, 0.3) is 0 Å². The summed E-state index contributed by atoms with van der Waals surface area (Å²) in [4.78, 5) is 0. The van der Waals surface area contributed by atoms with E-state index in [0.29, 0.717) is 10.6 Å². The highest BCUT2D eigenvalue weighted by Crippen LogP contribution is 2.40. The largest absolute Gasteiger partial charge is 0.0696 e. The van der Waals surface area contributed by atoms with Crippen LogP contribution >= 0.6 is 0 Å². The van der Waals surface area contributed by atoms with Gasteiger partial charge in [0.2, 0.25) is 0 Å². The summed E-state index contributed by atoms with van der Waals surface area (Å²) in [5.74, 6) is 0. The Labute approximate surface area is 174 Å². The molecule has 2 aliphatic carbocycles. The first-order chi connectivity index (χ1) is 13.1. The van der Waals surface area contributed by atoms with E-state index in [1.165, 1.54) is 128 Å². The average molecular weight is 367 g/mol. The zero-order valence-electron chi connectivity index (χ0n) is 18.9. The summed E-state index contributed by atoms with van der Waals surface area (Å²) in [7, 11) is 7.72. The second-order valence-electron chi connectivity index (χ2n) is 10.5. The van der Waals surface area contributed by atoms with Crippen molar-refractivity contribution in [3.05, 3.63) is 0 Å². The summed E-state index contributed by atoms with van der Waals surface area (Å²) in [6.45, 7) is 5.07. The third-order valence-corrected chi connectivity index (χ3v) is 7.49. The minimum Gasteiger partial charge on any atom is -0.0696 e. The summed E-state index contributed by atoms with van der Waals surface area (Å²) in [6, 6.07) is 0. The van der Waals surface area contributed by atoms with Crippen LogP contribution in [0.5, 0.6) is 0 Å². The second kappa shape index (κ2) is 13.4. The molecule has 0 aliphatic heterocycles. The highest BCUT2D eigenvalue weighted by molar-refractivity contribution is 7.30. The Morgan fingerprint density at radius 1 is 0.370 bits per heavy atom. The van der Waals surface area contributed by atoms with E-state index in [4.69, 9.17) is 0 Å². The first-order valence-corrected chi connectivity index (χ1v) is 12.7. The van der Waals surface area contributed by atoms with Crippen LogP contribution in [0.4, 0.5) is 0 Å². The molecular formula is C24H46B3. The standard InChI is InChI=1S/C24H46B3/c1-23(19-15-11-7-3-4-8-12-16-20-23)25-27-26-24(2)21-17-13-9-5-6-10-14-18-22-24/h3-22H2,1-2H3. The Hall–Kier alpha value is 0.195. The van der Waals surface area contributed by atoms with Crippen LogP contribution in [0.1, 0.15) is 142 Å². The third-order valence-electron chi connectivity index (χ3n) is 7.49. The molecule has 0 nitrogen and oxygen atoms in total. The van der Waals surface area contributed by atoms with Gasteiger partial charge >= 0.3 is 0 Å². The molecule has 2 aliphatic rings. The van der Waals surface area contributed by atoms with Gasteiger partial charge in [-0.25, -0.2) is 0 Å². The van der Waals surface area contributed by atoms with Crippen molar-refractivity contribution in [3.8, 4) is 0 Å². The molecule has 0 atom stereocenters. The Kier molecular flexibility index (Phi) is 11.7. The molecule has 27 heavy (non-hydrogen) atoms. The third kappa shape index (κ3) is 10.5. The normalized spacial score (nSPS) is 26.0. The molecule has 0 aromatic heterocycles. The monoisotopic (exact) mass is 367 g/mol. The summed E-state index contributed by atoms with van der Waals surface area (Å²) < 4.78 is 0. The van der Waals surface area contributed by atoms with E-state index in [-0.39, 0.29) is 0 Å². The Balaban J connectivity index is 1.79. The fourth-order valence-electron chi connectivity index (χ4n) is 5.33. The van der Waals surface area contributed by atoms with Gasteiger partial charge < -0.3 is 0 Å². The molecule has 0 saturated heterocycles. The van der Waals surface area contributed by atoms with Crippen molar-refractivity contribution in [1.82, 2.24) is 0 Å². The molecule has 3 radical (unpaired) electrons. The van der Waals surface area contributed by atoms with Gasteiger partial charge in [0.1, 0.15) is 0 Å². The van der Waals surface area contributed by atoms with Crippen LogP contribution < -0.4 is 0 Å². The van der Waals surface area contributed by atoms with Gasteiger partial charge in [-0.05, 0) is 0 Å². The highest BCUT2D eigenvalue weighted by Gasteiger charge is 2.28. The van der Waals surface area contributed by atoms with Crippen LogP contribution in [0.2, 0.25) is 10.6 Å². The second-order valence-corrected chi connectivity index (χ2v) is 10.5. The van der Waals surface area contributed by atoms with E-state index < -0.39 is 0 Å². The van der Waals surface area contributed by atoms with Crippen molar-refractivity contribution >= 4 is 21.4 Å².